The fourth-order valence-corrected chi connectivity index (χ4v) is 2.19. The molecule has 0 radical (unpaired) electrons. The van der Waals surface area contributed by atoms with Crippen LogP contribution in [-0.4, -0.2) is 16.1 Å². The van der Waals surface area contributed by atoms with Crippen molar-refractivity contribution in [3.05, 3.63) is 64.0 Å². The van der Waals surface area contributed by atoms with Crippen molar-refractivity contribution < 1.29 is 22.4 Å². The number of benzene rings is 2. The smallest absolute Gasteiger partial charge is 0.406 e. The molecular weight excluding hydrogens is 349 g/mol. The molecular formula is C15H8ClF3N2O3. The minimum atomic E-state index is -4.79. The van der Waals surface area contributed by atoms with Gasteiger partial charge in [0.2, 0.25) is 0 Å². The van der Waals surface area contributed by atoms with Crippen LogP contribution in [0.25, 0.3) is 17.1 Å². The first-order valence-electron chi connectivity index (χ1n) is 6.55. The molecule has 0 saturated heterocycles. The average Bonchev–Trinajstić information content (AvgIpc) is 2.89. The van der Waals surface area contributed by atoms with Crippen LogP contribution in [0.15, 0.2) is 57.8 Å². The number of hydrogen-bond donors (Lipinski definition) is 0. The van der Waals surface area contributed by atoms with E-state index in [1.54, 1.807) is 24.3 Å². The Balaban J connectivity index is 1.94. The minimum Gasteiger partial charge on any atom is -0.406 e. The van der Waals surface area contributed by atoms with Crippen molar-refractivity contribution in [1.82, 2.24) is 9.72 Å². The molecule has 0 spiro atoms. The lowest BCUT2D eigenvalue weighted by atomic mass is 10.2. The summed E-state index contributed by atoms with van der Waals surface area (Å²) in [4.78, 5) is 15.7. The summed E-state index contributed by atoms with van der Waals surface area (Å²) in [7, 11) is 0. The van der Waals surface area contributed by atoms with E-state index < -0.39 is 17.8 Å². The van der Waals surface area contributed by atoms with Crippen molar-refractivity contribution in [2.24, 2.45) is 0 Å². The van der Waals surface area contributed by atoms with Gasteiger partial charge in [-0.15, -0.1) is 17.9 Å². The highest BCUT2D eigenvalue weighted by molar-refractivity contribution is 6.33. The van der Waals surface area contributed by atoms with Crippen molar-refractivity contribution in [3.63, 3.8) is 0 Å². The van der Waals surface area contributed by atoms with Crippen LogP contribution in [-0.2, 0) is 0 Å². The van der Waals surface area contributed by atoms with Crippen LogP contribution in [0.3, 0.4) is 0 Å². The Bertz CT molecular complexity index is 917. The van der Waals surface area contributed by atoms with Crippen LogP contribution in [0.5, 0.6) is 5.75 Å². The Morgan fingerprint density at radius 3 is 2.38 bits per heavy atom. The van der Waals surface area contributed by atoms with E-state index >= 15 is 0 Å². The summed E-state index contributed by atoms with van der Waals surface area (Å²) >= 11 is 6.01. The molecule has 9 heteroatoms. The second-order valence-corrected chi connectivity index (χ2v) is 5.01. The van der Waals surface area contributed by atoms with Gasteiger partial charge in [-0.25, -0.2) is 4.79 Å². The Morgan fingerprint density at radius 2 is 1.75 bits per heavy atom. The maximum absolute atomic E-state index is 12.1. The van der Waals surface area contributed by atoms with Gasteiger partial charge in [0, 0.05) is 0 Å². The molecule has 2 aromatic carbocycles. The molecule has 5 nitrogen and oxygen atoms in total. The highest BCUT2D eigenvalue weighted by Crippen LogP contribution is 2.26. The number of alkyl halides is 3. The first-order chi connectivity index (χ1) is 11.3. The zero-order chi connectivity index (χ0) is 17.3. The lowest BCUT2D eigenvalue weighted by Crippen LogP contribution is -2.17. The Labute approximate surface area is 137 Å². The lowest BCUT2D eigenvalue weighted by Gasteiger charge is -2.08. The number of nitrogens with zero attached hydrogens (tertiary/aromatic N) is 2. The van der Waals surface area contributed by atoms with E-state index in [0.29, 0.717) is 10.6 Å². The van der Waals surface area contributed by atoms with Gasteiger partial charge in [0.1, 0.15) is 5.75 Å². The predicted octanol–water partition coefficient (Wildman–Crippen LogP) is 4.04. The summed E-state index contributed by atoms with van der Waals surface area (Å²) < 4.78 is 46.4. The second-order valence-electron chi connectivity index (χ2n) is 4.61. The summed E-state index contributed by atoms with van der Waals surface area (Å²) in [6.45, 7) is 0. The molecule has 0 N–H and O–H groups in total. The van der Waals surface area contributed by atoms with Crippen molar-refractivity contribution in [2.75, 3.05) is 0 Å². The zero-order valence-electron chi connectivity index (χ0n) is 11.7. The molecule has 0 aliphatic heterocycles. The fraction of sp³-hybridized carbons (Fsp3) is 0.0667. The third-order valence-corrected chi connectivity index (χ3v) is 3.29. The van der Waals surface area contributed by atoms with Crippen LogP contribution >= 0.6 is 11.6 Å². The van der Waals surface area contributed by atoms with Gasteiger partial charge in [-0.3, -0.25) is 0 Å². The normalized spacial score (nSPS) is 11.5. The molecule has 3 rings (SSSR count). The Hall–Kier alpha value is -2.74. The van der Waals surface area contributed by atoms with E-state index in [2.05, 4.69) is 9.72 Å². The molecule has 0 fully saturated rings. The van der Waals surface area contributed by atoms with Crippen molar-refractivity contribution in [3.8, 4) is 22.9 Å². The maximum Gasteiger partial charge on any atom is 0.573 e. The second kappa shape index (κ2) is 6.04. The molecule has 0 aliphatic carbocycles. The van der Waals surface area contributed by atoms with Crippen molar-refractivity contribution in [1.29, 1.82) is 0 Å². The minimum absolute atomic E-state index is 0.00113. The fourth-order valence-electron chi connectivity index (χ4n) is 1.97. The number of rotatable bonds is 3. The third-order valence-electron chi connectivity index (χ3n) is 2.96. The quantitative estimate of drug-likeness (QED) is 0.710. The summed E-state index contributed by atoms with van der Waals surface area (Å²) in [6, 6.07) is 11.2. The Morgan fingerprint density at radius 1 is 1.08 bits per heavy atom. The third kappa shape index (κ3) is 3.43. The number of halogens is 4. The van der Waals surface area contributed by atoms with Gasteiger partial charge < -0.3 is 9.26 Å². The largest absolute Gasteiger partial charge is 0.573 e. The van der Waals surface area contributed by atoms with Gasteiger partial charge in [-0.1, -0.05) is 23.7 Å². The van der Waals surface area contributed by atoms with Gasteiger partial charge >= 0.3 is 12.1 Å². The molecule has 0 saturated carbocycles. The lowest BCUT2D eigenvalue weighted by molar-refractivity contribution is -0.274. The zero-order valence-corrected chi connectivity index (χ0v) is 12.5. The molecule has 0 atom stereocenters. The van der Waals surface area contributed by atoms with E-state index in [1.807, 2.05) is 0 Å². The van der Waals surface area contributed by atoms with Gasteiger partial charge in [-0.2, -0.15) is 4.98 Å². The first-order valence-corrected chi connectivity index (χ1v) is 6.93. The summed E-state index contributed by atoms with van der Waals surface area (Å²) in [5, 5.41) is 0.347. The molecule has 124 valence electrons. The van der Waals surface area contributed by atoms with Crippen LogP contribution in [0, 0.1) is 0 Å². The summed E-state index contributed by atoms with van der Waals surface area (Å²) in [5.41, 5.74) is -0.109. The molecule has 0 aliphatic rings. The van der Waals surface area contributed by atoms with Crippen molar-refractivity contribution >= 4 is 11.6 Å². The molecule has 0 amide bonds. The van der Waals surface area contributed by atoms with Gasteiger partial charge in [0.05, 0.1) is 16.3 Å². The van der Waals surface area contributed by atoms with Gasteiger partial charge in [0.15, 0.2) is 0 Å². The number of ether oxygens (including phenoxy) is 1. The molecule has 0 bridgehead atoms. The highest BCUT2D eigenvalue weighted by Gasteiger charge is 2.31. The van der Waals surface area contributed by atoms with Gasteiger partial charge in [-0.05, 0) is 36.4 Å². The van der Waals surface area contributed by atoms with Crippen LogP contribution in [0.4, 0.5) is 13.2 Å². The predicted molar refractivity (Wildman–Crippen MR) is 79.2 cm³/mol. The summed E-state index contributed by atoms with van der Waals surface area (Å²) in [6.07, 6.45) is -4.79. The van der Waals surface area contributed by atoms with E-state index in [0.717, 1.165) is 16.9 Å². The number of aromatic nitrogens is 2. The molecule has 0 unspecified atom stereocenters. The standard InChI is InChI=1S/C15H8ClF3N2O3/c16-12-4-2-1-3-11(12)13-20-14(22)21(24-13)9-5-7-10(8-6-9)23-15(17,18)19/h1-8H. The SMILES string of the molecule is O=c1nc(-c2ccccc2Cl)on1-c1ccc(OC(F)(F)F)cc1. The average molecular weight is 357 g/mol. The molecule has 1 heterocycles. The first kappa shape index (κ1) is 16.1. The number of hydrogen-bond acceptors (Lipinski definition) is 4. The highest BCUT2D eigenvalue weighted by atomic mass is 35.5. The van der Waals surface area contributed by atoms with E-state index in [4.69, 9.17) is 16.1 Å². The van der Waals surface area contributed by atoms with Crippen LogP contribution < -0.4 is 10.4 Å². The maximum atomic E-state index is 12.1. The Kier molecular flexibility index (Phi) is 4.06. The topological polar surface area (TPSA) is 57.3 Å². The monoisotopic (exact) mass is 356 g/mol. The summed E-state index contributed by atoms with van der Waals surface area (Å²) in [5.74, 6) is -0.411. The van der Waals surface area contributed by atoms with E-state index in [9.17, 15) is 18.0 Å². The van der Waals surface area contributed by atoms with Gasteiger partial charge in [0.25, 0.3) is 5.89 Å². The van der Waals surface area contributed by atoms with Crippen LogP contribution in [0.1, 0.15) is 0 Å². The van der Waals surface area contributed by atoms with Crippen LogP contribution in [0.2, 0.25) is 5.02 Å². The molecule has 3 aromatic rings. The van der Waals surface area contributed by atoms with E-state index in [-0.39, 0.29) is 11.6 Å². The van der Waals surface area contributed by atoms with E-state index in [1.165, 1.54) is 12.1 Å². The molecule has 1 aromatic heterocycles. The van der Waals surface area contributed by atoms with Crippen molar-refractivity contribution in [2.45, 2.75) is 6.36 Å². The molecule has 24 heavy (non-hydrogen) atoms.